The lowest BCUT2D eigenvalue weighted by Crippen LogP contribution is -2.46. The summed E-state index contributed by atoms with van der Waals surface area (Å²) in [5, 5.41) is 3.20. The molecule has 1 aromatic heterocycles. The van der Waals surface area contributed by atoms with Crippen molar-refractivity contribution in [2.24, 2.45) is 0 Å². The van der Waals surface area contributed by atoms with Crippen molar-refractivity contribution in [3.05, 3.63) is 18.3 Å². The molecule has 1 atom stereocenters. The molecule has 14 heavy (non-hydrogen) atoms. The fourth-order valence-corrected chi connectivity index (χ4v) is 1.72. The van der Waals surface area contributed by atoms with Crippen LogP contribution in [0.15, 0.2) is 18.3 Å². The Morgan fingerprint density at radius 1 is 1.71 bits per heavy atom. The lowest BCUT2D eigenvalue weighted by atomic mass is 10.1. The lowest BCUT2D eigenvalue weighted by Gasteiger charge is -2.33. The average molecular weight is 191 g/mol. The quantitative estimate of drug-likeness (QED) is 0.716. The summed E-state index contributed by atoms with van der Waals surface area (Å²) in [6.07, 6.45) is 1.74. The maximum absolute atomic E-state index is 11.3. The number of Topliss-reactive ketones (excluding diaryl/α,β-unsaturated/α-hetero) is 1. The zero-order chi connectivity index (χ0) is 10.1. The minimum atomic E-state index is -0.0996. The van der Waals surface area contributed by atoms with Crippen LogP contribution in [-0.4, -0.2) is 30.4 Å². The molecule has 0 saturated carbocycles. The second-order valence-electron chi connectivity index (χ2n) is 3.49. The molecular formula is C10H13N3O. The average Bonchev–Trinajstić information content (AvgIpc) is 2.18. The first-order valence-corrected chi connectivity index (χ1v) is 4.62. The molecule has 1 unspecified atom stereocenters. The van der Waals surface area contributed by atoms with Crippen molar-refractivity contribution in [3.8, 4) is 0 Å². The van der Waals surface area contributed by atoms with E-state index in [0.29, 0.717) is 6.54 Å². The van der Waals surface area contributed by atoms with Crippen LogP contribution < -0.4 is 10.2 Å². The summed E-state index contributed by atoms with van der Waals surface area (Å²) in [5.41, 5.74) is 0.993. The van der Waals surface area contributed by atoms with Gasteiger partial charge >= 0.3 is 0 Å². The van der Waals surface area contributed by atoms with Crippen LogP contribution in [0, 0.1) is 0 Å². The van der Waals surface area contributed by atoms with E-state index in [1.807, 2.05) is 24.1 Å². The van der Waals surface area contributed by atoms with Gasteiger partial charge in [-0.05, 0) is 19.1 Å². The number of likely N-dealkylation sites (N-methyl/N-ethyl adjacent to an activating group) is 1. The molecule has 2 heterocycles. The third-order valence-corrected chi connectivity index (χ3v) is 2.54. The predicted octanol–water partition coefficient (Wildman–Crippen LogP) is 0.901. The zero-order valence-electron chi connectivity index (χ0n) is 8.32. The number of carbonyl (C=O) groups excluding carboxylic acids is 1. The monoisotopic (exact) mass is 191 g/mol. The van der Waals surface area contributed by atoms with Crippen LogP contribution in [0.2, 0.25) is 0 Å². The van der Waals surface area contributed by atoms with Crippen molar-refractivity contribution in [2.75, 3.05) is 23.8 Å². The zero-order valence-corrected chi connectivity index (χ0v) is 8.32. The van der Waals surface area contributed by atoms with E-state index in [1.165, 1.54) is 0 Å². The molecule has 0 spiro atoms. The van der Waals surface area contributed by atoms with Gasteiger partial charge < -0.3 is 10.2 Å². The van der Waals surface area contributed by atoms with Crippen molar-refractivity contribution < 1.29 is 4.79 Å². The van der Waals surface area contributed by atoms with Gasteiger partial charge in [0.2, 0.25) is 0 Å². The second-order valence-corrected chi connectivity index (χ2v) is 3.49. The van der Waals surface area contributed by atoms with Gasteiger partial charge in [-0.15, -0.1) is 0 Å². The van der Waals surface area contributed by atoms with Gasteiger partial charge in [-0.3, -0.25) is 4.79 Å². The molecule has 1 aromatic rings. The van der Waals surface area contributed by atoms with E-state index in [0.717, 1.165) is 11.5 Å². The third-order valence-electron chi connectivity index (χ3n) is 2.54. The van der Waals surface area contributed by atoms with Gasteiger partial charge in [0.1, 0.15) is 6.04 Å². The molecule has 74 valence electrons. The standard InChI is InChI=1S/C10H13N3O/c1-7(14)9-6-12-8-4-3-5-11-10(8)13(9)2/h3-5,9,12H,6H2,1-2H3. The van der Waals surface area contributed by atoms with Crippen molar-refractivity contribution in [1.29, 1.82) is 0 Å². The summed E-state index contributed by atoms with van der Waals surface area (Å²) >= 11 is 0. The van der Waals surface area contributed by atoms with E-state index in [4.69, 9.17) is 0 Å². The maximum Gasteiger partial charge on any atom is 0.154 e. The van der Waals surface area contributed by atoms with Crippen LogP contribution in [0.3, 0.4) is 0 Å². The van der Waals surface area contributed by atoms with Crippen LogP contribution in [0.5, 0.6) is 0 Å². The van der Waals surface area contributed by atoms with Crippen molar-refractivity contribution in [2.45, 2.75) is 13.0 Å². The van der Waals surface area contributed by atoms with Crippen molar-refractivity contribution in [1.82, 2.24) is 4.98 Å². The minimum absolute atomic E-state index is 0.0996. The summed E-state index contributed by atoms with van der Waals surface area (Å²) in [6.45, 7) is 2.27. The summed E-state index contributed by atoms with van der Waals surface area (Å²) in [4.78, 5) is 17.5. The van der Waals surface area contributed by atoms with E-state index in [1.54, 1.807) is 13.1 Å². The Morgan fingerprint density at radius 3 is 3.21 bits per heavy atom. The molecule has 1 N–H and O–H groups in total. The van der Waals surface area contributed by atoms with Crippen LogP contribution in [0.4, 0.5) is 11.5 Å². The molecule has 0 bridgehead atoms. The first-order valence-electron chi connectivity index (χ1n) is 4.62. The Balaban J connectivity index is 2.36. The fourth-order valence-electron chi connectivity index (χ4n) is 1.72. The number of aromatic nitrogens is 1. The molecule has 0 fully saturated rings. The van der Waals surface area contributed by atoms with Gasteiger partial charge in [-0.1, -0.05) is 0 Å². The predicted molar refractivity (Wildman–Crippen MR) is 55.6 cm³/mol. The van der Waals surface area contributed by atoms with Gasteiger partial charge in [0.25, 0.3) is 0 Å². The van der Waals surface area contributed by atoms with Crippen LogP contribution in [0.1, 0.15) is 6.92 Å². The molecule has 4 nitrogen and oxygen atoms in total. The van der Waals surface area contributed by atoms with Crippen molar-refractivity contribution >= 4 is 17.3 Å². The Bertz CT molecular complexity index is 364. The number of hydrogen-bond donors (Lipinski definition) is 1. The SMILES string of the molecule is CC(=O)C1CNc2cccnc2N1C. The molecule has 4 heteroatoms. The Morgan fingerprint density at radius 2 is 2.50 bits per heavy atom. The Labute approximate surface area is 82.9 Å². The van der Waals surface area contributed by atoms with Gasteiger partial charge in [-0.25, -0.2) is 4.98 Å². The normalized spacial score (nSPS) is 19.9. The largest absolute Gasteiger partial charge is 0.380 e. The van der Waals surface area contributed by atoms with Crippen molar-refractivity contribution in [3.63, 3.8) is 0 Å². The highest BCUT2D eigenvalue weighted by molar-refractivity contribution is 5.88. The van der Waals surface area contributed by atoms with E-state index in [9.17, 15) is 4.79 Å². The highest BCUT2D eigenvalue weighted by Crippen LogP contribution is 2.27. The number of nitrogens with one attached hydrogen (secondary N) is 1. The molecule has 1 aliphatic rings. The first-order chi connectivity index (χ1) is 6.70. The molecule has 0 aromatic carbocycles. The maximum atomic E-state index is 11.3. The summed E-state index contributed by atoms with van der Waals surface area (Å²) in [7, 11) is 1.90. The smallest absolute Gasteiger partial charge is 0.154 e. The van der Waals surface area contributed by atoms with Gasteiger partial charge in [0, 0.05) is 19.8 Å². The number of anilines is 2. The number of ketones is 1. The summed E-state index contributed by atoms with van der Waals surface area (Å²) < 4.78 is 0. The lowest BCUT2D eigenvalue weighted by molar-refractivity contribution is -0.118. The molecular weight excluding hydrogens is 178 g/mol. The van der Waals surface area contributed by atoms with Gasteiger partial charge in [0.15, 0.2) is 11.6 Å². The van der Waals surface area contributed by atoms with E-state index in [2.05, 4.69) is 10.3 Å². The molecule has 0 aliphatic carbocycles. The number of fused-ring (bicyclic) bond motifs is 1. The van der Waals surface area contributed by atoms with E-state index in [-0.39, 0.29) is 11.8 Å². The summed E-state index contributed by atoms with van der Waals surface area (Å²) in [6, 6.07) is 3.75. The topological polar surface area (TPSA) is 45.2 Å². The van der Waals surface area contributed by atoms with Crippen LogP contribution in [0.25, 0.3) is 0 Å². The van der Waals surface area contributed by atoms with E-state index >= 15 is 0 Å². The Kier molecular flexibility index (Phi) is 2.11. The second kappa shape index (κ2) is 3.29. The third kappa shape index (κ3) is 1.32. The van der Waals surface area contributed by atoms with Crippen LogP contribution in [-0.2, 0) is 4.79 Å². The summed E-state index contributed by atoms with van der Waals surface area (Å²) in [5.74, 6) is 1.01. The van der Waals surface area contributed by atoms with Gasteiger partial charge in [0.05, 0.1) is 5.69 Å². The molecule has 2 rings (SSSR count). The molecule has 0 saturated heterocycles. The molecule has 0 radical (unpaired) electrons. The van der Waals surface area contributed by atoms with E-state index < -0.39 is 0 Å². The number of carbonyl (C=O) groups is 1. The first kappa shape index (κ1) is 8.99. The number of hydrogen-bond acceptors (Lipinski definition) is 4. The highest BCUT2D eigenvalue weighted by Gasteiger charge is 2.26. The minimum Gasteiger partial charge on any atom is -0.380 e. The van der Waals surface area contributed by atoms with Gasteiger partial charge in [-0.2, -0.15) is 0 Å². The number of pyridine rings is 1. The number of nitrogens with zero attached hydrogens (tertiary/aromatic N) is 2. The fraction of sp³-hybridized carbons (Fsp3) is 0.400. The molecule has 1 aliphatic heterocycles. The Hall–Kier alpha value is -1.58. The highest BCUT2D eigenvalue weighted by atomic mass is 16.1. The van der Waals surface area contributed by atoms with Crippen LogP contribution >= 0.6 is 0 Å². The molecule has 0 amide bonds. The number of rotatable bonds is 1.